The Hall–Kier alpha value is -2.55. The summed E-state index contributed by atoms with van der Waals surface area (Å²) in [6.07, 6.45) is 0.421. The number of hydrogen-bond donors (Lipinski definition) is 4. The van der Waals surface area contributed by atoms with Crippen LogP contribution in [0.2, 0.25) is 5.02 Å². The number of rotatable bonds is 5. The topological polar surface area (TPSA) is 82.3 Å². The number of hydrazine groups is 1. The van der Waals surface area contributed by atoms with E-state index in [1.165, 1.54) is 13.1 Å². The van der Waals surface area contributed by atoms with Crippen LogP contribution < -0.4 is 21.5 Å². The Labute approximate surface area is 165 Å². The molecule has 4 N–H and O–H groups in total. The van der Waals surface area contributed by atoms with Gasteiger partial charge in [-0.15, -0.1) is 0 Å². The van der Waals surface area contributed by atoms with E-state index in [0.717, 1.165) is 17.7 Å². The van der Waals surface area contributed by atoms with Crippen molar-refractivity contribution < 1.29 is 18.4 Å². The highest BCUT2D eigenvalue weighted by atomic mass is 35.5. The van der Waals surface area contributed by atoms with Crippen molar-refractivity contribution in [1.82, 2.24) is 21.5 Å². The van der Waals surface area contributed by atoms with Gasteiger partial charge in [0.05, 0.1) is 0 Å². The second-order valence-corrected chi connectivity index (χ2v) is 6.85. The van der Waals surface area contributed by atoms with E-state index in [-0.39, 0.29) is 11.6 Å². The lowest BCUT2D eigenvalue weighted by Gasteiger charge is -2.20. The Kier molecular flexibility index (Phi) is 6.23. The fourth-order valence-corrected chi connectivity index (χ4v) is 3.25. The molecule has 2 amide bonds. The number of carbonyl (C=O) groups is 2. The van der Waals surface area contributed by atoms with Gasteiger partial charge >= 0.3 is 0 Å². The zero-order valence-corrected chi connectivity index (χ0v) is 15.7. The predicted octanol–water partition coefficient (Wildman–Crippen LogP) is 2.13. The highest BCUT2D eigenvalue weighted by Crippen LogP contribution is 2.25. The van der Waals surface area contributed by atoms with Gasteiger partial charge in [0.2, 0.25) is 11.8 Å². The van der Waals surface area contributed by atoms with E-state index in [2.05, 4.69) is 21.5 Å². The lowest BCUT2D eigenvalue weighted by molar-refractivity contribution is -0.129. The average molecular weight is 409 g/mol. The molecule has 1 heterocycles. The van der Waals surface area contributed by atoms with E-state index in [1.807, 2.05) is 12.1 Å². The molecule has 0 radical (unpaired) electrons. The molecule has 6 nitrogen and oxygen atoms in total. The first-order valence-electron chi connectivity index (χ1n) is 8.62. The molecular weight excluding hydrogens is 390 g/mol. The number of halogens is 3. The molecule has 1 aliphatic rings. The number of benzene rings is 2. The van der Waals surface area contributed by atoms with Crippen LogP contribution in [0, 0.1) is 11.6 Å². The third kappa shape index (κ3) is 4.46. The zero-order valence-electron chi connectivity index (χ0n) is 14.9. The van der Waals surface area contributed by atoms with Gasteiger partial charge in [-0.05, 0) is 41.8 Å². The van der Waals surface area contributed by atoms with Crippen LogP contribution in [0.1, 0.15) is 29.6 Å². The maximum absolute atomic E-state index is 13.6. The van der Waals surface area contributed by atoms with Crippen LogP contribution in [0.15, 0.2) is 42.5 Å². The molecule has 2 aromatic rings. The lowest BCUT2D eigenvalue weighted by atomic mass is 10.0. The van der Waals surface area contributed by atoms with Crippen molar-refractivity contribution in [3.05, 3.63) is 70.2 Å². The first-order valence-corrected chi connectivity index (χ1v) is 9.00. The highest BCUT2D eigenvalue weighted by molar-refractivity contribution is 6.30. The molecule has 148 valence electrons. The maximum atomic E-state index is 13.6. The van der Waals surface area contributed by atoms with Gasteiger partial charge in [0.1, 0.15) is 12.1 Å². The van der Waals surface area contributed by atoms with Gasteiger partial charge in [0.15, 0.2) is 11.6 Å². The van der Waals surface area contributed by atoms with E-state index in [4.69, 9.17) is 11.6 Å². The summed E-state index contributed by atoms with van der Waals surface area (Å²) < 4.78 is 26.8. The molecule has 1 fully saturated rings. The quantitative estimate of drug-likeness (QED) is 0.611. The molecule has 2 aromatic carbocycles. The van der Waals surface area contributed by atoms with Gasteiger partial charge < -0.3 is 10.6 Å². The first kappa shape index (κ1) is 20.2. The predicted molar refractivity (Wildman–Crippen MR) is 100 cm³/mol. The van der Waals surface area contributed by atoms with E-state index < -0.39 is 35.5 Å². The van der Waals surface area contributed by atoms with E-state index in [1.54, 1.807) is 12.1 Å². The normalized spacial score (nSPS) is 19.9. The Morgan fingerprint density at radius 3 is 2.61 bits per heavy atom. The molecular formula is C19H19ClF2N4O2. The lowest BCUT2D eigenvalue weighted by Crippen LogP contribution is -2.47. The van der Waals surface area contributed by atoms with Crippen LogP contribution in [-0.4, -0.2) is 24.9 Å². The molecule has 0 saturated carbocycles. The fraction of sp³-hybridized carbons (Fsp3) is 0.263. The van der Waals surface area contributed by atoms with Gasteiger partial charge in [-0.2, -0.15) is 0 Å². The molecule has 0 spiro atoms. The zero-order chi connectivity index (χ0) is 20.3. The smallest absolute Gasteiger partial charge is 0.246 e. The molecule has 0 aromatic heterocycles. The van der Waals surface area contributed by atoms with Gasteiger partial charge in [-0.25, -0.2) is 19.6 Å². The van der Waals surface area contributed by atoms with Crippen molar-refractivity contribution in [3.8, 4) is 0 Å². The van der Waals surface area contributed by atoms with Crippen molar-refractivity contribution in [2.24, 2.45) is 0 Å². The second-order valence-electron chi connectivity index (χ2n) is 6.41. The van der Waals surface area contributed by atoms with Gasteiger partial charge in [0, 0.05) is 18.1 Å². The molecule has 0 bridgehead atoms. The number of hydrogen-bond acceptors (Lipinski definition) is 4. The third-order valence-electron chi connectivity index (χ3n) is 4.54. The monoisotopic (exact) mass is 408 g/mol. The van der Waals surface area contributed by atoms with Crippen molar-refractivity contribution in [2.45, 2.75) is 24.5 Å². The third-order valence-corrected chi connectivity index (χ3v) is 4.78. The van der Waals surface area contributed by atoms with Gasteiger partial charge in [-0.1, -0.05) is 29.8 Å². The van der Waals surface area contributed by atoms with Crippen LogP contribution >= 0.6 is 11.6 Å². The molecule has 1 saturated heterocycles. The van der Waals surface area contributed by atoms with Crippen molar-refractivity contribution in [2.75, 3.05) is 7.05 Å². The summed E-state index contributed by atoms with van der Waals surface area (Å²) in [5, 5.41) is 5.59. The van der Waals surface area contributed by atoms with E-state index in [9.17, 15) is 18.4 Å². The summed E-state index contributed by atoms with van der Waals surface area (Å²) in [4.78, 5) is 24.8. The van der Waals surface area contributed by atoms with E-state index >= 15 is 0 Å². The minimum Gasteiger partial charge on any atom is -0.357 e. The molecule has 9 heteroatoms. The Morgan fingerprint density at radius 2 is 1.93 bits per heavy atom. The van der Waals surface area contributed by atoms with Gasteiger partial charge in [-0.3, -0.25) is 9.59 Å². The molecule has 3 unspecified atom stereocenters. The highest BCUT2D eigenvalue weighted by Gasteiger charge is 2.33. The van der Waals surface area contributed by atoms with Crippen LogP contribution in [0.25, 0.3) is 0 Å². The number of likely N-dealkylation sites (N-methyl/N-ethyl adjacent to an activating group) is 1. The van der Waals surface area contributed by atoms with Crippen LogP contribution in [0.5, 0.6) is 0 Å². The maximum Gasteiger partial charge on any atom is 0.246 e. The van der Waals surface area contributed by atoms with Gasteiger partial charge in [0.25, 0.3) is 0 Å². The molecule has 3 rings (SSSR count). The summed E-state index contributed by atoms with van der Waals surface area (Å²) in [6, 6.07) is 8.41. The molecule has 0 aliphatic carbocycles. The summed E-state index contributed by atoms with van der Waals surface area (Å²) in [5.41, 5.74) is 6.97. The standard InChI is InChI=1S/C19H19ClF2N4O2/c1-23-19(28)17(11-5-6-13(21)14(22)8-11)24-18(27)16-9-15(25-26-16)10-3-2-4-12(20)7-10/h2-8,15-17,25-26H,9H2,1H3,(H,23,28)(H,24,27). The number of amides is 2. The summed E-state index contributed by atoms with van der Waals surface area (Å²) >= 11 is 6.00. The summed E-state index contributed by atoms with van der Waals surface area (Å²) in [5.74, 6) is -3.12. The van der Waals surface area contributed by atoms with Crippen molar-refractivity contribution >= 4 is 23.4 Å². The van der Waals surface area contributed by atoms with Crippen LogP contribution in [0.4, 0.5) is 8.78 Å². The largest absolute Gasteiger partial charge is 0.357 e. The number of carbonyl (C=O) groups excluding carboxylic acids is 2. The molecule has 3 atom stereocenters. The van der Waals surface area contributed by atoms with Crippen LogP contribution in [0.3, 0.4) is 0 Å². The minimum absolute atomic E-state index is 0.142. The Morgan fingerprint density at radius 1 is 1.14 bits per heavy atom. The fourth-order valence-electron chi connectivity index (χ4n) is 3.05. The summed E-state index contributed by atoms with van der Waals surface area (Å²) in [6.45, 7) is 0. The second kappa shape index (κ2) is 8.64. The molecule has 1 aliphatic heterocycles. The Balaban J connectivity index is 1.72. The van der Waals surface area contributed by atoms with Crippen molar-refractivity contribution in [3.63, 3.8) is 0 Å². The minimum atomic E-state index is -1.15. The average Bonchev–Trinajstić information content (AvgIpc) is 3.18. The molecule has 28 heavy (non-hydrogen) atoms. The number of nitrogens with one attached hydrogen (secondary N) is 4. The van der Waals surface area contributed by atoms with Crippen molar-refractivity contribution in [1.29, 1.82) is 0 Å². The SMILES string of the molecule is CNC(=O)C(NC(=O)C1CC(c2cccc(Cl)c2)NN1)c1ccc(F)c(F)c1. The first-order chi connectivity index (χ1) is 13.4. The van der Waals surface area contributed by atoms with E-state index in [0.29, 0.717) is 11.4 Å². The van der Waals surface area contributed by atoms with Crippen LogP contribution in [-0.2, 0) is 9.59 Å². The summed E-state index contributed by atoms with van der Waals surface area (Å²) in [7, 11) is 1.39. The Bertz CT molecular complexity index is 896.